The van der Waals surface area contributed by atoms with E-state index < -0.39 is 0 Å². The average molecular weight is 217 g/mol. The Morgan fingerprint density at radius 2 is 1.60 bits per heavy atom. The zero-order valence-electron chi connectivity index (χ0n) is 10.6. The summed E-state index contributed by atoms with van der Waals surface area (Å²) in [5.74, 6) is 0.779. The summed E-state index contributed by atoms with van der Waals surface area (Å²) in [4.78, 5) is 0. The molecule has 0 rings (SSSR count). The van der Waals surface area contributed by atoms with Gasteiger partial charge >= 0.3 is 0 Å². The number of rotatable bonds is 11. The van der Waals surface area contributed by atoms with Crippen LogP contribution in [-0.2, 0) is 9.47 Å². The van der Waals surface area contributed by atoms with E-state index in [1.807, 2.05) is 0 Å². The van der Waals surface area contributed by atoms with Crippen LogP contribution in [0, 0.1) is 5.92 Å². The van der Waals surface area contributed by atoms with E-state index in [1.165, 1.54) is 6.42 Å². The lowest BCUT2D eigenvalue weighted by atomic mass is 10.1. The van der Waals surface area contributed by atoms with Gasteiger partial charge in [-0.05, 0) is 25.3 Å². The van der Waals surface area contributed by atoms with E-state index in [0.29, 0.717) is 6.61 Å². The molecule has 0 aromatic carbocycles. The lowest BCUT2D eigenvalue weighted by Gasteiger charge is -2.07. The van der Waals surface area contributed by atoms with Crippen LogP contribution < -0.4 is 5.32 Å². The smallest absolute Gasteiger partial charge is 0.0701 e. The Balaban J connectivity index is 2.87. The van der Waals surface area contributed by atoms with E-state index in [-0.39, 0.29) is 0 Å². The highest BCUT2D eigenvalue weighted by Gasteiger charge is 1.93. The van der Waals surface area contributed by atoms with Crippen LogP contribution in [0.2, 0.25) is 0 Å². The minimum atomic E-state index is 0.714. The van der Waals surface area contributed by atoms with Gasteiger partial charge in [0.1, 0.15) is 0 Å². The van der Waals surface area contributed by atoms with Gasteiger partial charge < -0.3 is 14.8 Å². The summed E-state index contributed by atoms with van der Waals surface area (Å²) in [6.07, 6.45) is 2.32. The van der Waals surface area contributed by atoms with Crippen LogP contribution in [0.3, 0.4) is 0 Å². The molecule has 0 aromatic rings. The molecule has 3 nitrogen and oxygen atoms in total. The van der Waals surface area contributed by atoms with Crippen LogP contribution in [0.1, 0.15) is 33.6 Å². The normalized spacial score (nSPS) is 11.2. The van der Waals surface area contributed by atoms with E-state index >= 15 is 0 Å². The summed E-state index contributed by atoms with van der Waals surface area (Å²) in [6.45, 7) is 11.7. The van der Waals surface area contributed by atoms with Crippen molar-refractivity contribution in [3.8, 4) is 0 Å². The molecule has 0 spiro atoms. The molecule has 0 atom stereocenters. The van der Waals surface area contributed by atoms with Gasteiger partial charge in [0, 0.05) is 13.2 Å². The van der Waals surface area contributed by atoms with Gasteiger partial charge in [-0.3, -0.25) is 0 Å². The molecular weight excluding hydrogens is 190 g/mol. The van der Waals surface area contributed by atoms with Gasteiger partial charge in [-0.1, -0.05) is 20.8 Å². The molecule has 0 saturated carbocycles. The zero-order valence-corrected chi connectivity index (χ0v) is 10.6. The maximum atomic E-state index is 5.40. The van der Waals surface area contributed by atoms with Crippen LogP contribution in [0.5, 0.6) is 0 Å². The molecular formula is C12H27NO2. The van der Waals surface area contributed by atoms with E-state index in [9.17, 15) is 0 Å². The van der Waals surface area contributed by atoms with E-state index in [2.05, 4.69) is 26.1 Å². The summed E-state index contributed by atoms with van der Waals surface area (Å²) in [5.41, 5.74) is 0. The number of ether oxygens (including phenoxy) is 2. The second kappa shape index (κ2) is 12.0. The molecule has 0 bridgehead atoms. The molecule has 0 aliphatic heterocycles. The predicted molar refractivity (Wildman–Crippen MR) is 64.3 cm³/mol. The quantitative estimate of drug-likeness (QED) is 0.537. The summed E-state index contributed by atoms with van der Waals surface area (Å²) in [5, 5.41) is 3.35. The molecule has 0 aliphatic carbocycles. The molecule has 92 valence electrons. The fraction of sp³-hybridized carbons (Fsp3) is 1.00. The average Bonchev–Trinajstić information content (AvgIpc) is 2.20. The highest BCUT2D eigenvalue weighted by molar-refractivity contribution is 4.50. The van der Waals surface area contributed by atoms with E-state index in [4.69, 9.17) is 9.47 Å². The monoisotopic (exact) mass is 217 g/mol. The van der Waals surface area contributed by atoms with Crippen LogP contribution in [-0.4, -0.2) is 39.5 Å². The van der Waals surface area contributed by atoms with Crippen molar-refractivity contribution in [3.05, 3.63) is 0 Å². The Morgan fingerprint density at radius 3 is 2.20 bits per heavy atom. The minimum absolute atomic E-state index is 0.714. The highest BCUT2D eigenvalue weighted by Crippen LogP contribution is 1.95. The minimum Gasteiger partial charge on any atom is -0.379 e. The Kier molecular flexibility index (Phi) is 11.9. The van der Waals surface area contributed by atoms with Crippen molar-refractivity contribution in [3.63, 3.8) is 0 Å². The third-order valence-electron chi connectivity index (χ3n) is 2.04. The molecule has 0 radical (unpaired) electrons. The van der Waals surface area contributed by atoms with Crippen molar-refractivity contribution in [1.82, 2.24) is 5.32 Å². The summed E-state index contributed by atoms with van der Waals surface area (Å²) in [6, 6.07) is 0. The molecule has 3 heteroatoms. The largest absolute Gasteiger partial charge is 0.379 e. The molecule has 0 unspecified atom stereocenters. The van der Waals surface area contributed by atoms with Crippen LogP contribution >= 0.6 is 0 Å². The summed E-state index contributed by atoms with van der Waals surface area (Å²) >= 11 is 0. The second-order valence-corrected chi connectivity index (χ2v) is 4.16. The van der Waals surface area contributed by atoms with Crippen LogP contribution in [0.4, 0.5) is 0 Å². The first kappa shape index (κ1) is 14.9. The second-order valence-electron chi connectivity index (χ2n) is 4.16. The standard InChI is InChI=1S/C12H27NO2/c1-4-8-14-10-11-15-9-7-13-6-5-12(2)3/h12-13H,4-11H2,1-3H3. The fourth-order valence-corrected chi connectivity index (χ4v) is 1.13. The first-order valence-electron chi connectivity index (χ1n) is 6.13. The van der Waals surface area contributed by atoms with Gasteiger partial charge in [-0.15, -0.1) is 0 Å². The predicted octanol–water partition coefficient (Wildman–Crippen LogP) is 2.07. The van der Waals surface area contributed by atoms with E-state index in [1.54, 1.807) is 0 Å². The van der Waals surface area contributed by atoms with Crippen LogP contribution in [0.25, 0.3) is 0 Å². The van der Waals surface area contributed by atoms with E-state index in [0.717, 1.165) is 45.2 Å². The Hall–Kier alpha value is -0.120. The van der Waals surface area contributed by atoms with Crippen molar-refractivity contribution >= 4 is 0 Å². The molecule has 0 aromatic heterocycles. The van der Waals surface area contributed by atoms with Gasteiger partial charge in [-0.25, -0.2) is 0 Å². The SMILES string of the molecule is CCCOCCOCCNCCC(C)C. The Labute approximate surface area is 94.5 Å². The number of hydrogen-bond acceptors (Lipinski definition) is 3. The molecule has 0 amide bonds. The Morgan fingerprint density at radius 1 is 0.933 bits per heavy atom. The molecule has 0 fully saturated rings. The maximum Gasteiger partial charge on any atom is 0.0701 e. The summed E-state index contributed by atoms with van der Waals surface area (Å²) < 4.78 is 10.7. The van der Waals surface area contributed by atoms with Gasteiger partial charge in [0.15, 0.2) is 0 Å². The lowest BCUT2D eigenvalue weighted by molar-refractivity contribution is 0.0491. The fourth-order valence-electron chi connectivity index (χ4n) is 1.13. The topological polar surface area (TPSA) is 30.5 Å². The third-order valence-corrected chi connectivity index (χ3v) is 2.04. The molecule has 0 saturated heterocycles. The molecule has 0 aliphatic rings. The van der Waals surface area contributed by atoms with Crippen molar-refractivity contribution < 1.29 is 9.47 Å². The third kappa shape index (κ3) is 13.9. The molecule has 15 heavy (non-hydrogen) atoms. The first-order chi connectivity index (χ1) is 7.27. The van der Waals surface area contributed by atoms with Crippen molar-refractivity contribution in [1.29, 1.82) is 0 Å². The van der Waals surface area contributed by atoms with Crippen molar-refractivity contribution in [2.24, 2.45) is 5.92 Å². The Bertz CT molecular complexity index is 118. The van der Waals surface area contributed by atoms with Gasteiger partial charge in [0.05, 0.1) is 19.8 Å². The first-order valence-corrected chi connectivity index (χ1v) is 6.13. The maximum absolute atomic E-state index is 5.40. The molecule has 0 heterocycles. The van der Waals surface area contributed by atoms with Crippen molar-refractivity contribution in [2.45, 2.75) is 33.6 Å². The van der Waals surface area contributed by atoms with Crippen LogP contribution in [0.15, 0.2) is 0 Å². The van der Waals surface area contributed by atoms with Gasteiger partial charge in [0.25, 0.3) is 0 Å². The number of nitrogens with one attached hydrogen (secondary N) is 1. The van der Waals surface area contributed by atoms with Crippen molar-refractivity contribution in [2.75, 3.05) is 39.5 Å². The highest BCUT2D eigenvalue weighted by atomic mass is 16.5. The summed E-state index contributed by atoms with van der Waals surface area (Å²) in [7, 11) is 0. The van der Waals surface area contributed by atoms with Gasteiger partial charge in [0.2, 0.25) is 0 Å². The number of hydrogen-bond donors (Lipinski definition) is 1. The zero-order chi connectivity index (χ0) is 11.4. The molecule has 1 N–H and O–H groups in total. The lowest BCUT2D eigenvalue weighted by Crippen LogP contribution is -2.22. The van der Waals surface area contributed by atoms with Gasteiger partial charge in [-0.2, -0.15) is 0 Å².